The number of phenols is 1. The summed E-state index contributed by atoms with van der Waals surface area (Å²) in [5, 5.41) is 13.5. The first-order valence-electron chi connectivity index (χ1n) is 9.70. The van der Waals surface area contributed by atoms with E-state index in [9.17, 15) is 9.90 Å². The van der Waals surface area contributed by atoms with Crippen LogP contribution in [-0.4, -0.2) is 17.1 Å². The Kier molecular flexibility index (Phi) is 6.49. The maximum absolute atomic E-state index is 12.8. The third-order valence-electron chi connectivity index (χ3n) is 4.94. The van der Waals surface area contributed by atoms with Crippen molar-refractivity contribution in [3.05, 3.63) is 101 Å². The van der Waals surface area contributed by atoms with Crippen LogP contribution in [0, 0.1) is 6.92 Å². The molecule has 3 heteroatoms. The van der Waals surface area contributed by atoms with Gasteiger partial charge in [0, 0.05) is 23.9 Å². The number of aryl methyl sites for hydroxylation is 1. The quantitative estimate of drug-likeness (QED) is 0.614. The number of benzene rings is 3. The van der Waals surface area contributed by atoms with Gasteiger partial charge in [0.15, 0.2) is 0 Å². The second-order valence-electron chi connectivity index (χ2n) is 7.39. The molecule has 0 aliphatic heterocycles. The molecule has 0 aromatic heterocycles. The SMILES string of the molecule is Cc1ccc(O)c([C@H](CC(=O)N[C@H](C)Cc2ccccc2)c2ccccc2)c1. The van der Waals surface area contributed by atoms with Crippen LogP contribution in [0.5, 0.6) is 5.75 Å². The number of nitrogens with one attached hydrogen (secondary N) is 1. The van der Waals surface area contributed by atoms with Crippen LogP contribution in [0.2, 0.25) is 0 Å². The minimum Gasteiger partial charge on any atom is -0.508 e. The number of phenolic OH excluding ortho intramolecular Hbond substituents is 1. The van der Waals surface area contributed by atoms with Crippen LogP contribution in [0.15, 0.2) is 78.9 Å². The van der Waals surface area contributed by atoms with Crippen LogP contribution in [0.4, 0.5) is 0 Å². The van der Waals surface area contributed by atoms with Gasteiger partial charge in [0.2, 0.25) is 5.91 Å². The lowest BCUT2D eigenvalue weighted by molar-refractivity contribution is -0.121. The van der Waals surface area contributed by atoms with Crippen molar-refractivity contribution < 1.29 is 9.90 Å². The molecule has 0 aliphatic rings. The highest BCUT2D eigenvalue weighted by Gasteiger charge is 2.22. The molecule has 1 amide bonds. The fourth-order valence-corrected chi connectivity index (χ4v) is 3.58. The molecule has 0 saturated heterocycles. The van der Waals surface area contributed by atoms with Gasteiger partial charge in [0.05, 0.1) is 0 Å². The van der Waals surface area contributed by atoms with E-state index in [1.165, 1.54) is 5.56 Å². The zero-order valence-electron chi connectivity index (χ0n) is 16.4. The Hall–Kier alpha value is -3.07. The molecule has 2 atom stereocenters. The van der Waals surface area contributed by atoms with E-state index in [1.54, 1.807) is 6.07 Å². The van der Waals surface area contributed by atoms with Crippen molar-refractivity contribution in [3.63, 3.8) is 0 Å². The average Bonchev–Trinajstić information content (AvgIpc) is 2.69. The Bertz CT molecular complexity index is 906. The molecule has 3 aromatic carbocycles. The highest BCUT2D eigenvalue weighted by molar-refractivity contribution is 5.78. The van der Waals surface area contributed by atoms with Gasteiger partial charge < -0.3 is 10.4 Å². The van der Waals surface area contributed by atoms with Crippen LogP contribution in [0.3, 0.4) is 0 Å². The molecule has 3 nitrogen and oxygen atoms in total. The van der Waals surface area contributed by atoms with Gasteiger partial charge in [0.1, 0.15) is 5.75 Å². The Morgan fingerprint density at radius 1 is 0.964 bits per heavy atom. The van der Waals surface area contributed by atoms with Crippen LogP contribution in [0.1, 0.15) is 41.5 Å². The molecule has 144 valence electrons. The molecule has 0 fully saturated rings. The smallest absolute Gasteiger partial charge is 0.221 e. The largest absolute Gasteiger partial charge is 0.508 e. The van der Waals surface area contributed by atoms with E-state index >= 15 is 0 Å². The Morgan fingerprint density at radius 2 is 1.61 bits per heavy atom. The molecule has 0 heterocycles. The number of amides is 1. The van der Waals surface area contributed by atoms with Crippen molar-refractivity contribution in [2.75, 3.05) is 0 Å². The van der Waals surface area contributed by atoms with E-state index < -0.39 is 0 Å². The number of hydrogen-bond donors (Lipinski definition) is 2. The lowest BCUT2D eigenvalue weighted by Crippen LogP contribution is -2.35. The first kappa shape index (κ1) is 19.7. The Balaban J connectivity index is 1.76. The summed E-state index contributed by atoms with van der Waals surface area (Å²) in [6.45, 7) is 4.01. The van der Waals surface area contributed by atoms with Crippen molar-refractivity contribution in [1.29, 1.82) is 0 Å². The van der Waals surface area contributed by atoms with Gasteiger partial charge in [0.25, 0.3) is 0 Å². The lowest BCUT2D eigenvalue weighted by atomic mass is 9.87. The molecule has 0 saturated carbocycles. The van der Waals surface area contributed by atoms with Crippen molar-refractivity contribution >= 4 is 5.91 Å². The van der Waals surface area contributed by atoms with E-state index in [0.717, 1.165) is 23.1 Å². The maximum atomic E-state index is 12.8. The van der Waals surface area contributed by atoms with Crippen LogP contribution in [0.25, 0.3) is 0 Å². The van der Waals surface area contributed by atoms with Crippen molar-refractivity contribution in [3.8, 4) is 5.75 Å². The molecule has 0 aliphatic carbocycles. The van der Waals surface area contributed by atoms with Crippen molar-refractivity contribution in [2.24, 2.45) is 0 Å². The van der Waals surface area contributed by atoms with Crippen LogP contribution in [-0.2, 0) is 11.2 Å². The fraction of sp³-hybridized carbons (Fsp3) is 0.240. The van der Waals surface area contributed by atoms with Gasteiger partial charge in [-0.25, -0.2) is 0 Å². The van der Waals surface area contributed by atoms with E-state index in [1.807, 2.05) is 74.5 Å². The van der Waals surface area contributed by atoms with E-state index in [-0.39, 0.29) is 23.6 Å². The van der Waals surface area contributed by atoms with Crippen LogP contribution < -0.4 is 5.32 Å². The third-order valence-corrected chi connectivity index (χ3v) is 4.94. The number of rotatable bonds is 7. The van der Waals surface area contributed by atoms with E-state index in [2.05, 4.69) is 17.4 Å². The van der Waals surface area contributed by atoms with Gasteiger partial charge in [-0.3, -0.25) is 4.79 Å². The summed E-state index contributed by atoms with van der Waals surface area (Å²) in [5.41, 5.74) is 4.07. The lowest BCUT2D eigenvalue weighted by Gasteiger charge is -2.21. The normalized spacial score (nSPS) is 12.9. The predicted octanol–water partition coefficient (Wildman–Crippen LogP) is 4.97. The van der Waals surface area contributed by atoms with Gasteiger partial charge in [-0.05, 0) is 37.5 Å². The van der Waals surface area contributed by atoms with Crippen LogP contribution >= 0.6 is 0 Å². The molecule has 3 rings (SSSR count). The first-order valence-corrected chi connectivity index (χ1v) is 9.70. The number of carbonyl (C=O) groups excluding carboxylic acids is 1. The first-order chi connectivity index (χ1) is 13.5. The zero-order valence-corrected chi connectivity index (χ0v) is 16.4. The number of carbonyl (C=O) groups is 1. The summed E-state index contributed by atoms with van der Waals surface area (Å²) in [4.78, 5) is 12.8. The highest BCUT2D eigenvalue weighted by Crippen LogP contribution is 2.34. The predicted molar refractivity (Wildman–Crippen MR) is 113 cm³/mol. The second-order valence-corrected chi connectivity index (χ2v) is 7.39. The Morgan fingerprint density at radius 3 is 2.29 bits per heavy atom. The molecule has 28 heavy (non-hydrogen) atoms. The molecule has 0 radical (unpaired) electrons. The standard InChI is InChI=1S/C25H27NO2/c1-18-13-14-24(27)23(15-18)22(21-11-7-4-8-12-21)17-25(28)26-19(2)16-20-9-5-3-6-10-20/h3-15,19,22,27H,16-17H2,1-2H3,(H,26,28)/t19-,22-/m1/s1. The summed E-state index contributed by atoms with van der Waals surface area (Å²) < 4.78 is 0. The van der Waals surface area contributed by atoms with Crippen molar-refractivity contribution in [1.82, 2.24) is 5.32 Å². The average molecular weight is 373 g/mol. The summed E-state index contributed by atoms with van der Waals surface area (Å²) in [7, 11) is 0. The van der Waals surface area contributed by atoms with E-state index in [4.69, 9.17) is 0 Å². The topological polar surface area (TPSA) is 49.3 Å². The molecule has 0 spiro atoms. The van der Waals surface area contributed by atoms with Gasteiger partial charge in [-0.1, -0.05) is 78.4 Å². The van der Waals surface area contributed by atoms with Crippen molar-refractivity contribution in [2.45, 2.75) is 38.6 Å². The summed E-state index contributed by atoms with van der Waals surface area (Å²) in [6, 6.07) is 25.6. The molecule has 0 bridgehead atoms. The maximum Gasteiger partial charge on any atom is 0.221 e. The second kappa shape index (κ2) is 9.23. The molecular weight excluding hydrogens is 346 g/mol. The zero-order chi connectivity index (χ0) is 19.9. The minimum absolute atomic E-state index is 0.0156. The Labute approximate surface area is 167 Å². The van der Waals surface area contributed by atoms with E-state index in [0.29, 0.717) is 6.42 Å². The van der Waals surface area contributed by atoms with Gasteiger partial charge >= 0.3 is 0 Å². The number of hydrogen-bond acceptors (Lipinski definition) is 2. The summed E-state index contributed by atoms with van der Waals surface area (Å²) in [5.74, 6) is 0.0211. The van der Waals surface area contributed by atoms with Gasteiger partial charge in [-0.2, -0.15) is 0 Å². The monoisotopic (exact) mass is 373 g/mol. The minimum atomic E-state index is -0.190. The molecular formula is C25H27NO2. The molecule has 0 unspecified atom stereocenters. The molecule has 2 N–H and O–H groups in total. The number of aromatic hydroxyl groups is 1. The fourth-order valence-electron chi connectivity index (χ4n) is 3.58. The molecule has 3 aromatic rings. The summed E-state index contributed by atoms with van der Waals surface area (Å²) >= 11 is 0. The third kappa shape index (κ3) is 5.23. The van der Waals surface area contributed by atoms with Gasteiger partial charge in [-0.15, -0.1) is 0 Å². The highest BCUT2D eigenvalue weighted by atomic mass is 16.3. The summed E-state index contributed by atoms with van der Waals surface area (Å²) in [6.07, 6.45) is 1.08.